The zero-order valence-corrected chi connectivity index (χ0v) is 9.78. The van der Waals surface area contributed by atoms with Gasteiger partial charge in [0.2, 0.25) is 0 Å². The standard InChI is InChI=1S/C12H24N2O/c1-13-8-10-4-2-6-12(10)14-7-3-5-11(14)9-15/h10-13,15H,2-9H2,1H3. The Morgan fingerprint density at radius 2 is 2.13 bits per heavy atom. The summed E-state index contributed by atoms with van der Waals surface area (Å²) in [6.45, 7) is 2.69. The topological polar surface area (TPSA) is 35.5 Å². The van der Waals surface area contributed by atoms with Crippen LogP contribution in [0.2, 0.25) is 0 Å². The molecule has 1 saturated carbocycles. The molecular weight excluding hydrogens is 188 g/mol. The number of hydrogen-bond acceptors (Lipinski definition) is 3. The molecule has 3 heteroatoms. The van der Waals surface area contributed by atoms with Crippen LogP contribution in [0.4, 0.5) is 0 Å². The van der Waals surface area contributed by atoms with E-state index in [1.165, 1.54) is 38.6 Å². The van der Waals surface area contributed by atoms with E-state index in [2.05, 4.69) is 10.2 Å². The third kappa shape index (κ3) is 2.35. The monoisotopic (exact) mass is 212 g/mol. The highest BCUT2D eigenvalue weighted by molar-refractivity contribution is 4.92. The van der Waals surface area contributed by atoms with Gasteiger partial charge in [-0.1, -0.05) is 6.42 Å². The molecule has 0 radical (unpaired) electrons. The lowest BCUT2D eigenvalue weighted by atomic mass is 10.0. The molecule has 2 rings (SSSR count). The molecule has 2 fully saturated rings. The van der Waals surface area contributed by atoms with Crippen molar-refractivity contribution in [2.75, 3.05) is 26.7 Å². The number of likely N-dealkylation sites (tertiary alicyclic amines) is 1. The van der Waals surface area contributed by atoms with Gasteiger partial charge in [0.25, 0.3) is 0 Å². The maximum Gasteiger partial charge on any atom is 0.0586 e. The number of aliphatic hydroxyl groups is 1. The summed E-state index contributed by atoms with van der Waals surface area (Å²) < 4.78 is 0. The van der Waals surface area contributed by atoms with Gasteiger partial charge in [0.05, 0.1) is 6.61 Å². The first-order valence-electron chi connectivity index (χ1n) is 6.38. The second kappa shape index (κ2) is 5.28. The third-order valence-corrected chi connectivity index (χ3v) is 4.14. The highest BCUT2D eigenvalue weighted by Gasteiger charge is 2.36. The Hall–Kier alpha value is -0.120. The van der Waals surface area contributed by atoms with Crippen molar-refractivity contribution in [2.24, 2.45) is 5.92 Å². The minimum Gasteiger partial charge on any atom is -0.395 e. The van der Waals surface area contributed by atoms with Crippen molar-refractivity contribution in [3.05, 3.63) is 0 Å². The van der Waals surface area contributed by atoms with E-state index in [4.69, 9.17) is 0 Å². The maximum atomic E-state index is 9.36. The van der Waals surface area contributed by atoms with E-state index in [1.54, 1.807) is 0 Å². The molecule has 3 unspecified atom stereocenters. The molecule has 15 heavy (non-hydrogen) atoms. The molecule has 1 aliphatic heterocycles. The number of rotatable bonds is 4. The summed E-state index contributed by atoms with van der Waals surface area (Å²) in [5.41, 5.74) is 0. The Labute approximate surface area is 92.8 Å². The molecule has 3 nitrogen and oxygen atoms in total. The van der Waals surface area contributed by atoms with Crippen LogP contribution in [0.3, 0.4) is 0 Å². The van der Waals surface area contributed by atoms with Crippen molar-refractivity contribution in [3.63, 3.8) is 0 Å². The number of aliphatic hydroxyl groups excluding tert-OH is 1. The van der Waals surface area contributed by atoms with Crippen molar-refractivity contribution in [3.8, 4) is 0 Å². The van der Waals surface area contributed by atoms with Gasteiger partial charge in [-0.2, -0.15) is 0 Å². The van der Waals surface area contributed by atoms with Crippen LogP contribution < -0.4 is 5.32 Å². The van der Waals surface area contributed by atoms with E-state index in [0.717, 1.165) is 18.5 Å². The predicted octanol–water partition coefficient (Wildman–Crippen LogP) is 0.831. The molecule has 0 aromatic carbocycles. The molecule has 1 aliphatic carbocycles. The van der Waals surface area contributed by atoms with E-state index in [0.29, 0.717) is 12.6 Å². The van der Waals surface area contributed by atoms with E-state index in [9.17, 15) is 5.11 Å². The fraction of sp³-hybridized carbons (Fsp3) is 1.00. The van der Waals surface area contributed by atoms with Gasteiger partial charge in [-0.25, -0.2) is 0 Å². The third-order valence-electron chi connectivity index (χ3n) is 4.14. The summed E-state index contributed by atoms with van der Waals surface area (Å²) in [6, 6.07) is 1.18. The van der Waals surface area contributed by atoms with Gasteiger partial charge >= 0.3 is 0 Å². The molecule has 3 atom stereocenters. The van der Waals surface area contributed by atoms with Gasteiger partial charge in [-0.05, 0) is 51.7 Å². The Kier molecular flexibility index (Phi) is 4.00. The van der Waals surface area contributed by atoms with Gasteiger partial charge in [0.1, 0.15) is 0 Å². The van der Waals surface area contributed by atoms with E-state index < -0.39 is 0 Å². The van der Waals surface area contributed by atoms with Gasteiger partial charge in [-0.3, -0.25) is 4.90 Å². The smallest absolute Gasteiger partial charge is 0.0586 e. The average molecular weight is 212 g/mol. The summed E-state index contributed by atoms with van der Waals surface area (Å²) in [6.07, 6.45) is 6.53. The molecule has 1 saturated heterocycles. The van der Waals surface area contributed by atoms with Gasteiger partial charge in [0.15, 0.2) is 0 Å². The first kappa shape index (κ1) is 11.4. The molecular formula is C12H24N2O. The summed E-state index contributed by atoms with van der Waals surface area (Å²) >= 11 is 0. The van der Waals surface area contributed by atoms with Crippen molar-refractivity contribution in [1.82, 2.24) is 10.2 Å². The highest BCUT2D eigenvalue weighted by Crippen LogP contribution is 2.33. The number of nitrogens with one attached hydrogen (secondary N) is 1. The summed E-state index contributed by atoms with van der Waals surface area (Å²) in [5, 5.41) is 12.7. The van der Waals surface area contributed by atoms with Gasteiger partial charge in [0, 0.05) is 12.1 Å². The Balaban J connectivity index is 1.95. The zero-order valence-electron chi connectivity index (χ0n) is 9.78. The SMILES string of the molecule is CNCC1CCCC1N1CCCC1CO. The summed E-state index contributed by atoms with van der Waals surface area (Å²) in [4.78, 5) is 2.58. The second-order valence-corrected chi connectivity index (χ2v) is 5.03. The Morgan fingerprint density at radius 1 is 1.27 bits per heavy atom. The van der Waals surface area contributed by atoms with Crippen LogP contribution in [0, 0.1) is 5.92 Å². The minimum absolute atomic E-state index is 0.350. The molecule has 1 heterocycles. The first-order valence-corrected chi connectivity index (χ1v) is 6.38. The molecule has 0 spiro atoms. The molecule has 0 aromatic heterocycles. The molecule has 0 aromatic rings. The van der Waals surface area contributed by atoms with Crippen LogP contribution in [-0.2, 0) is 0 Å². The molecule has 88 valence electrons. The molecule has 0 amide bonds. The second-order valence-electron chi connectivity index (χ2n) is 5.03. The van der Waals surface area contributed by atoms with Crippen LogP contribution in [-0.4, -0.2) is 48.8 Å². The number of hydrogen-bond donors (Lipinski definition) is 2. The van der Waals surface area contributed by atoms with E-state index >= 15 is 0 Å². The normalized spacial score (nSPS) is 37.6. The predicted molar refractivity (Wildman–Crippen MR) is 61.9 cm³/mol. The van der Waals surface area contributed by atoms with Crippen molar-refractivity contribution >= 4 is 0 Å². The summed E-state index contributed by atoms with van der Waals surface area (Å²) in [7, 11) is 2.04. The highest BCUT2D eigenvalue weighted by atomic mass is 16.3. The van der Waals surface area contributed by atoms with Crippen molar-refractivity contribution in [1.29, 1.82) is 0 Å². The Morgan fingerprint density at radius 3 is 2.87 bits per heavy atom. The van der Waals surface area contributed by atoms with Gasteiger partial charge in [-0.15, -0.1) is 0 Å². The van der Waals surface area contributed by atoms with Crippen LogP contribution in [0.1, 0.15) is 32.1 Å². The van der Waals surface area contributed by atoms with Crippen LogP contribution in [0.15, 0.2) is 0 Å². The lowest BCUT2D eigenvalue weighted by Gasteiger charge is -2.33. The number of nitrogens with zero attached hydrogens (tertiary/aromatic N) is 1. The van der Waals surface area contributed by atoms with Crippen LogP contribution in [0.5, 0.6) is 0 Å². The lowest BCUT2D eigenvalue weighted by molar-refractivity contribution is 0.0989. The quantitative estimate of drug-likeness (QED) is 0.724. The van der Waals surface area contributed by atoms with Crippen LogP contribution in [0.25, 0.3) is 0 Å². The molecule has 2 N–H and O–H groups in total. The van der Waals surface area contributed by atoms with Crippen molar-refractivity contribution in [2.45, 2.75) is 44.2 Å². The first-order chi connectivity index (χ1) is 7.36. The zero-order chi connectivity index (χ0) is 10.7. The maximum absolute atomic E-state index is 9.36. The molecule has 0 bridgehead atoms. The lowest BCUT2D eigenvalue weighted by Crippen LogP contribution is -2.44. The molecule has 2 aliphatic rings. The Bertz CT molecular complexity index is 198. The van der Waals surface area contributed by atoms with Crippen molar-refractivity contribution < 1.29 is 5.11 Å². The fourth-order valence-electron chi connectivity index (χ4n) is 3.44. The van der Waals surface area contributed by atoms with E-state index in [1.807, 2.05) is 7.05 Å². The average Bonchev–Trinajstić information content (AvgIpc) is 2.84. The van der Waals surface area contributed by atoms with Gasteiger partial charge < -0.3 is 10.4 Å². The minimum atomic E-state index is 0.350. The van der Waals surface area contributed by atoms with E-state index in [-0.39, 0.29) is 0 Å². The largest absolute Gasteiger partial charge is 0.395 e. The summed E-state index contributed by atoms with van der Waals surface area (Å²) in [5.74, 6) is 0.808. The fourth-order valence-corrected chi connectivity index (χ4v) is 3.44. The van der Waals surface area contributed by atoms with Crippen LogP contribution >= 0.6 is 0 Å².